The molecule has 4 atom stereocenters. The first kappa shape index (κ1) is 18.3. The predicted octanol–water partition coefficient (Wildman–Crippen LogP) is 0.976. The number of hydrogen-bond donors (Lipinski definition) is 5. The highest BCUT2D eigenvalue weighted by Gasteiger charge is 2.42. The first-order chi connectivity index (χ1) is 11.4. The maximum Gasteiger partial charge on any atom is 0.403 e. The molecule has 0 aromatic heterocycles. The van der Waals surface area contributed by atoms with E-state index >= 15 is 0 Å². The maximum absolute atomic E-state index is 12.8. The third kappa shape index (κ3) is 4.80. The summed E-state index contributed by atoms with van der Waals surface area (Å²) in [5.74, 6) is 1.08. The van der Waals surface area contributed by atoms with Gasteiger partial charge in [0.1, 0.15) is 12.3 Å². The summed E-state index contributed by atoms with van der Waals surface area (Å²) in [5.41, 5.74) is 3.04. The smallest absolute Gasteiger partial charge is 0.302 e. The Labute approximate surface area is 140 Å². The van der Waals surface area contributed by atoms with Crippen molar-refractivity contribution in [2.75, 3.05) is 13.2 Å². The zero-order valence-electron chi connectivity index (χ0n) is 14.0. The van der Waals surface area contributed by atoms with Gasteiger partial charge in [-0.15, -0.1) is 0 Å². The number of halogens is 3. The highest BCUT2D eigenvalue weighted by Crippen LogP contribution is 2.31. The molecule has 0 amide bonds. The van der Waals surface area contributed by atoms with Gasteiger partial charge in [-0.25, -0.2) is 0 Å². The van der Waals surface area contributed by atoms with Crippen molar-refractivity contribution in [2.24, 2.45) is 11.8 Å². The van der Waals surface area contributed by atoms with Crippen LogP contribution in [-0.4, -0.2) is 44.0 Å². The van der Waals surface area contributed by atoms with Crippen molar-refractivity contribution in [3.63, 3.8) is 0 Å². The molecule has 3 rings (SSSR count). The van der Waals surface area contributed by atoms with Crippen molar-refractivity contribution < 1.29 is 18.0 Å². The van der Waals surface area contributed by atoms with Crippen LogP contribution >= 0.6 is 0 Å². The van der Waals surface area contributed by atoms with Crippen LogP contribution in [0.5, 0.6) is 0 Å². The van der Waals surface area contributed by atoms with Gasteiger partial charge in [-0.3, -0.25) is 20.8 Å². The maximum atomic E-state index is 12.8. The van der Waals surface area contributed by atoms with Crippen LogP contribution in [0.2, 0.25) is 0 Å². The molecule has 140 valence electrons. The molecule has 6 nitrogen and oxygen atoms in total. The van der Waals surface area contributed by atoms with E-state index in [0.717, 1.165) is 32.2 Å². The summed E-state index contributed by atoms with van der Waals surface area (Å²) in [6.07, 6.45) is 0.247. The van der Waals surface area contributed by atoms with Crippen molar-refractivity contribution in [1.29, 1.82) is 0 Å². The molecule has 1 aliphatic carbocycles. The average molecular weight is 351 g/mol. The summed E-state index contributed by atoms with van der Waals surface area (Å²) >= 11 is 0. The number of hydroxylamine groups is 1. The fourth-order valence-electron chi connectivity index (χ4n) is 3.88. The molecule has 0 bridgehead atoms. The largest absolute Gasteiger partial charge is 0.403 e. The second-order valence-corrected chi connectivity index (χ2v) is 7.18. The molecule has 2 heterocycles. The van der Waals surface area contributed by atoms with Gasteiger partial charge < -0.3 is 5.32 Å². The number of hydrogen-bond acceptors (Lipinski definition) is 6. The Balaban J connectivity index is 1.36. The summed E-state index contributed by atoms with van der Waals surface area (Å²) in [7, 11) is 0. The predicted molar refractivity (Wildman–Crippen MR) is 83.4 cm³/mol. The van der Waals surface area contributed by atoms with E-state index < -0.39 is 12.2 Å². The lowest BCUT2D eigenvalue weighted by Gasteiger charge is -2.35. The number of alkyl halides is 3. The van der Waals surface area contributed by atoms with Crippen LogP contribution < -0.4 is 26.7 Å². The molecule has 0 spiro atoms. The molecular weight excluding hydrogens is 323 g/mol. The highest BCUT2D eigenvalue weighted by atomic mass is 19.4. The molecule has 4 unspecified atom stereocenters. The van der Waals surface area contributed by atoms with E-state index in [1.807, 2.05) is 6.92 Å². The van der Waals surface area contributed by atoms with Gasteiger partial charge in [-0.1, -0.05) is 0 Å². The van der Waals surface area contributed by atoms with E-state index in [9.17, 15) is 13.2 Å². The van der Waals surface area contributed by atoms with E-state index in [1.54, 1.807) is 0 Å². The highest BCUT2D eigenvalue weighted by molar-refractivity contribution is 4.86. The van der Waals surface area contributed by atoms with Crippen LogP contribution in [-0.2, 0) is 4.84 Å². The van der Waals surface area contributed by atoms with Crippen molar-refractivity contribution in [3.05, 3.63) is 0 Å². The Morgan fingerprint density at radius 2 is 1.88 bits per heavy atom. The third-order valence-corrected chi connectivity index (χ3v) is 5.37. The Morgan fingerprint density at radius 1 is 1.12 bits per heavy atom. The lowest BCUT2D eigenvalue weighted by molar-refractivity contribution is -0.163. The van der Waals surface area contributed by atoms with Gasteiger partial charge in [0.25, 0.3) is 0 Å². The quantitative estimate of drug-likeness (QED) is 0.520. The van der Waals surface area contributed by atoms with Crippen LogP contribution in [0.4, 0.5) is 13.2 Å². The van der Waals surface area contributed by atoms with Gasteiger partial charge >= 0.3 is 6.18 Å². The van der Waals surface area contributed by atoms with Gasteiger partial charge in [-0.2, -0.15) is 18.7 Å². The van der Waals surface area contributed by atoms with E-state index in [-0.39, 0.29) is 31.6 Å². The topological polar surface area (TPSA) is 69.4 Å². The Kier molecular flexibility index (Phi) is 5.99. The minimum atomic E-state index is -4.18. The monoisotopic (exact) mass is 351 g/mol. The third-order valence-electron chi connectivity index (χ3n) is 5.37. The molecule has 5 N–H and O–H groups in total. The molecule has 2 saturated heterocycles. The van der Waals surface area contributed by atoms with Crippen LogP contribution in [0.25, 0.3) is 0 Å². The van der Waals surface area contributed by atoms with Crippen LogP contribution in [0.15, 0.2) is 0 Å². The minimum Gasteiger partial charge on any atom is -0.302 e. The summed E-state index contributed by atoms with van der Waals surface area (Å²) in [5, 5.41) is 12.2. The normalized spacial score (nSPS) is 41.5. The molecule has 0 aromatic rings. The summed E-state index contributed by atoms with van der Waals surface area (Å²) < 4.78 is 38.4. The Bertz CT molecular complexity index is 403. The molecule has 3 aliphatic rings. The van der Waals surface area contributed by atoms with Crippen molar-refractivity contribution >= 4 is 0 Å². The van der Waals surface area contributed by atoms with Gasteiger partial charge in [0.15, 0.2) is 0 Å². The van der Waals surface area contributed by atoms with Gasteiger partial charge in [0, 0.05) is 13.1 Å². The Morgan fingerprint density at radius 3 is 2.50 bits per heavy atom. The van der Waals surface area contributed by atoms with E-state index in [1.165, 1.54) is 0 Å². The lowest BCUT2D eigenvalue weighted by atomic mass is 9.80. The minimum absolute atomic E-state index is 0.0317. The first-order valence-electron chi connectivity index (χ1n) is 8.86. The second-order valence-electron chi connectivity index (χ2n) is 7.18. The summed E-state index contributed by atoms with van der Waals surface area (Å²) in [6, 6.07) is -1.42. The molecule has 0 radical (unpaired) electrons. The van der Waals surface area contributed by atoms with E-state index in [4.69, 9.17) is 4.84 Å². The Hall–Kier alpha value is -0.450. The molecule has 0 aromatic carbocycles. The van der Waals surface area contributed by atoms with Crippen LogP contribution in [0.1, 0.15) is 39.0 Å². The van der Waals surface area contributed by atoms with Crippen LogP contribution in [0, 0.1) is 11.8 Å². The first-order valence-corrected chi connectivity index (χ1v) is 8.86. The molecular formula is C15H28F3N5O. The second kappa shape index (κ2) is 7.84. The number of nitrogens with one attached hydrogen (secondary N) is 5. The number of rotatable bonds is 4. The zero-order chi connectivity index (χ0) is 17.2. The molecule has 1 saturated carbocycles. The van der Waals surface area contributed by atoms with Gasteiger partial charge in [0.2, 0.25) is 0 Å². The molecule has 3 fully saturated rings. The standard InChI is InChI=1S/C15H28F3N5O/c1-9-22-14(23-24-9)11-4-2-10(3-5-11)7-19-13-6-12(15(16,17)18)20-8-21-13/h9-14,19-23H,2-8H2,1H3. The fraction of sp³-hybridized carbons (Fsp3) is 1.00. The van der Waals surface area contributed by atoms with Gasteiger partial charge in [-0.05, 0) is 51.0 Å². The van der Waals surface area contributed by atoms with Crippen molar-refractivity contribution in [3.8, 4) is 0 Å². The zero-order valence-corrected chi connectivity index (χ0v) is 14.0. The molecule has 24 heavy (non-hydrogen) atoms. The van der Waals surface area contributed by atoms with Crippen molar-refractivity contribution in [1.82, 2.24) is 26.7 Å². The molecule has 2 aliphatic heterocycles. The summed E-state index contributed by atoms with van der Waals surface area (Å²) in [4.78, 5) is 5.33. The van der Waals surface area contributed by atoms with Crippen LogP contribution in [0.3, 0.4) is 0 Å². The van der Waals surface area contributed by atoms with Crippen molar-refractivity contribution in [2.45, 2.75) is 69.8 Å². The van der Waals surface area contributed by atoms with E-state index in [2.05, 4.69) is 26.7 Å². The lowest BCUT2D eigenvalue weighted by Crippen LogP contribution is -2.60. The van der Waals surface area contributed by atoms with E-state index in [0.29, 0.717) is 11.8 Å². The van der Waals surface area contributed by atoms with Gasteiger partial charge in [0.05, 0.1) is 12.3 Å². The molecule has 9 heteroatoms. The summed E-state index contributed by atoms with van der Waals surface area (Å²) in [6.45, 7) is 2.93. The average Bonchev–Trinajstić information content (AvgIpc) is 2.99. The SMILES string of the molecule is CC1NC(C2CCC(CNC3CC(C(F)(F)F)NCN3)CC2)NO1. The fourth-order valence-corrected chi connectivity index (χ4v) is 3.88.